The van der Waals surface area contributed by atoms with E-state index in [4.69, 9.17) is 10.8 Å². The van der Waals surface area contributed by atoms with Gasteiger partial charge in [-0.2, -0.15) is 0 Å². The zero-order valence-electron chi connectivity index (χ0n) is 10.4. The number of amides is 2. The monoisotopic (exact) mass is 282 g/mol. The highest BCUT2D eigenvalue weighted by atomic mass is 16.4. The van der Waals surface area contributed by atoms with Crippen LogP contribution in [-0.2, 0) is 9.59 Å². The van der Waals surface area contributed by atoms with Gasteiger partial charge < -0.3 is 21.5 Å². The summed E-state index contributed by atoms with van der Waals surface area (Å²) in [7, 11) is 0. The number of rotatable bonds is 6. The van der Waals surface area contributed by atoms with E-state index in [-0.39, 0.29) is 11.7 Å². The predicted molar refractivity (Wildman–Crippen MR) is 64.6 cm³/mol. The second-order valence-corrected chi connectivity index (χ2v) is 4.43. The van der Waals surface area contributed by atoms with Crippen molar-refractivity contribution in [2.24, 2.45) is 5.73 Å². The maximum absolute atomic E-state index is 11.8. The lowest BCUT2D eigenvalue weighted by Crippen LogP contribution is -2.44. The Kier molecular flexibility index (Phi) is 3.94. The lowest BCUT2D eigenvalue weighted by molar-refractivity contribution is -0.140. The minimum absolute atomic E-state index is 0.00683. The summed E-state index contributed by atoms with van der Waals surface area (Å²) < 4.78 is 1.54. The maximum atomic E-state index is 11.8. The van der Waals surface area contributed by atoms with Crippen molar-refractivity contribution < 1.29 is 19.5 Å². The van der Waals surface area contributed by atoms with Gasteiger partial charge in [-0.1, -0.05) is 5.21 Å². The van der Waals surface area contributed by atoms with E-state index in [1.165, 1.54) is 10.9 Å². The molecule has 1 fully saturated rings. The molecule has 20 heavy (non-hydrogen) atoms. The number of primary amides is 1. The molecule has 1 aromatic heterocycles. The molecule has 1 aliphatic heterocycles. The first kappa shape index (κ1) is 13.9. The zero-order valence-corrected chi connectivity index (χ0v) is 10.4. The van der Waals surface area contributed by atoms with Crippen LogP contribution < -0.4 is 16.4 Å². The van der Waals surface area contributed by atoms with Crippen molar-refractivity contribution in [2.45, 2.75) is 18.5 Å². The number of nitrogens with two attached hydrogens (primary N) is 1. The highest BCUT2D eigenvalue weighted by molar-refractivity contribution is 5.95. The largest absolute Gasteiger partial charge is 0.480 e. The molecule has 1 atom stereocenters. The van der Waals surface area contributed by atoms with Crippen molar-refractivity contribution in [3.05, 3.63) is 11.9 Å². The van der Waals surface area contributed by atoms with Gasteiger partial charge in [0.2, 0.25) is 5.91 Å². The molecule has 1 aliphatic rings. The van der Waals surface area contributed by atoms with Gasteiger partial charge in [-0.25, -0.2) is 9.48 Å². The first-order valence-corrected chi connectivity index (χ1v) is 5.92. The van der Waals surface area contributed by atoms with Crippen molar-refractivity contribution in [3.63, 3.8) is 0 Å². The number of hydrogen-bond acceptors (Lipinski definition) is 6. The topological polar surface area (TPSA) is 152 Å². The molecule has 108 valence electrons. The first-order valence-electron chi connectivity index (χ1n) is 5.92. The Morgan fingerprint density at radius 3 is 2.75 bits per heavy atom. The third-order valence-electron chi connectivity index (χ3n) is 2.89. The molecule has 1 unspecified atom stereocenters. The van der Waals surface area contributed by atoms with E-state index < -0.39 is 30.2 Å². The minimum Gasteiger partial charge on any atom is -0.480 e. The predicted octanol–water partition coefficient (Wildman–Crippen LogP) is -2.52. The average Bonchev–Trinajstić information content (AvgIpc) is 2.74. The summed E-state index contributed by atoms with van der Waals surface area (Å²) in [6.07, 6.45) is 0.950. The molecule has 0 saturated carbocycles. The van der Waals surface area contributed by atoms with Crippen molar-refractivity contribution in [2.75, 3.05) is 13.1 Å². The van der Waals surface area contributed by atoms with E-state index in [0.29, 0.717) is 0 Å². The van der Waals surface area contributed by atoms with Crippen molar-refractivity contribution in [1.82, 2.24) is 25.6 Å². The number of carboxylic acids is 1. The van der Waals surface area contributed by atoms with Crippen LogP contribution in [0.1, 0.15) is 23.0 Å². The molecular weight excluding hydrogens is 268 g/mol. The van der Waals surface area contributed by atoms with Crippen LogP contribution in [-0.4, -0.2) is 57.0 Å². The first-order chi connectivity index (χ1) is 9.47. The standard InChI is InChI=1S/C10H14N6O4/c11-8(17)1-6(10(19)20)13-9(18)7-4-16(15-14-7)5-2-12-3-5/h4-6,12H,1-3H2,(H2,11,17)(H,13,18)(H,19,20). The van der Waals surface area contributed by atoms with Gasteiger partial charge in [-0.3, -0.25) is 9.59 Å². The fourth-order valence-corrected chi connectivity index (χ4v) is 1.65. The van der Waals surface area contributed by atoms with Crippen LogP contribution in [0, 0.1) is 0 Å². The molecule has 2 rings (SSSR count). The summed E-state index contributed by atoms with van der Waals surface area (Å²) in [6, 6.07) is -1.24. The number of aromatic nitrogens is 3. The fourth-order valence-electron chi connectivity index (χ4n) is 1.65. The van der Waals surface area contributed by atoms with Crippen molar-refractivity contribution in [3.8, 4) is 0 Å². The SMILES string of the molecule is NC(=O)CC(NC(=O)c1cn(C2CNC2)nn1)C(=O)O. The second kappa shape index (κ2) is 5.65. The Balaban J connectivity index is 2.00. The van der Waals surface area contributed by atoms with Gasteiger partial charge >= 0.3 is 5.97 Å². The number of carbonyl (C=O) groups excluding carboxylic acids is 2. The minimum atomic E-state index is -1.38. The Bertz CT molecular complexity index is 538. The van der Waals surface area contributed by atoms with Crippen LogP contribution in [0.15, 0.2) is 6.20 Å². The number of nitrogens with zero attached hydrogens (tertiary/aromatic N) is 3. The van der Waals surface area contributed by atoms with Crippen molar-refractivity contribution in [1.29, 1.82) is 0 Å². The summed E-state index contributed by atoms with van der Waals surface area (Å²) in [6.45, 7) is 1.48. The van der Waals surface area contributed by atoms with Crippen LogP contribution >= 0.6 is 0 Å². The van der Waals surface area contributed by atoms with E-state index in [9.17, 15) is 14.4 Å². The number of nitrogens with one attached hydrogen (secondary N) is 2. The van der Waals surface area contributed by atoms with Crippen LogP contribution in [0.2, 0.25) is 0 Å². The van der Waals surface area contributed by atoms with Crippen molar-refractivity contribution >= 4 is 17.8 Å². The molecular formula is C10H14N6O4. The molecule has 2 heterocycles. The highest BCUT2D eigenvalue weighted by Gasteiger charge is 2.25. The van der Waals surface area contributed by atoms with Crippen LogP contribution in [0.25, 0.3) is 0 Å². The number of carbonyl (C=O) groups is 3. The second-order valence-electron chi connectivity index (χ2n) is 4.43. The van der Waals surface area contributed by atoms with E-state index in [0.717, 1.165) is 13.1 Å². The van der Waals surface area contributed by atoms with E-state index in [1.54, 1.807) is 0 Å². The van der Waals surface area contributed by atoms with Gasteiger partial charge in [0.15, 0.2) is 5.69 Å². The average molecular weight is 282 g/mol. The Hall–Kier alpha value is -2.49. The van der Waals surface area contributed by atoms with Gasteiger partial charge in [0.1, 0.15) is 6.04 Å². The highest BCUT2D eigenvalue weighted by Crippen LogP contribution is 2.09. The van der Waals surface area contributed by atoms with Crippen LogP contribution in [0.4, 0.5) is 0 Å². The fraction of sp³-hybridized carbons (Fsp3) is 0.500. The Morgan fingerprint density at radius 1 is 1.55 bits per heavy atom. The molecule has 5 N–H and O–H groups in total. The summed E-state index contributed by atoms with van der Waals surface area (Å²) in [4.78, 5) is 33.5. The summed E-state index contributed by atoms with van der Waals surface area (Å²) in [5.41, 5.74) is 4.92. The normalized spacial score (nSPS) is 16.2. The molecule has 1 aromatic rings. The van der Waals surface area contributed by atoms with Gasteiger partial charge in [0.05, 0.1) is 18.7 Å². The Labute approximate surface area is 113 Å². The summed E-state index contributed by atoms with van der Waals surface area (Å²) >= 11 is 0. The zero-order chi connectivity index (χ0) is 14.7. The van der Waals surface area contributed by atoms with E-state index >= 15 is 0 Å². The number of aliphatic carboxylic acids is 1. The van der Waals surface area contributed by atoms with Gasteiger partial charge in [0, 0.05) is 13.1 Å². The smallest absolute Gasteiger partial charge is 0.326 e. The van der Waals surface area contributed by atoms with E-state index in [1.807, 2.05) is 0 Å². The summed E-state index contributed by atoms with van der Waals surface area (Å²) in [5.74, 6) is -2.87. The van der Waals surface area contributed by atoms with Gasteiger partial charge in [-0.05, 0) is 0 Å². The quantitative estimate of drug-likeness (QED) is 0.449. The molecule has 2 amide bonds. The molecule has 10 heteroatoms. The Morgan fingerprint density at radius 2 is 2.25 bits per heavy atom. The summed E-state index contributed by atoms with van der Waals surface area (Å²) in [5, 5.41) is 21.6. The van der Waals surface area contributed by atoms with E-state index in [2.05, 4.69) is 20.9 Å². The molecule has 0 aliphatic carbocycles. The van der Waals surface area contributed by atoms with Crippen LogP contribution in [0.5, 0.6) is 0 Å². The molecule has 0 aromatic carbocycles. The number of carboxylic acid groups (broad SMARTS) is 1. The number of hydrogen-bond donors (Lipinski definition) is 4. The third kappa shape index (κ3) is 3.09. The lowest BCUT2D eigenvalue weighted by atomic mass is 10.2. The molecule has 0 bridgehead atoms. The maximum Gasteiger partial charge on any atom is 0.326 e. The van der Waals surface area contributed by atoms with Gasteiger partial charge in [-0.15, -0.1) is 5.10 Å². The molecule has 0 radical (unpaired) electrons. The molecule has 10 nitrogen and oxygen atoms in total. The molecule has 0 spiro atoms. The third-order valence-corrected chi connectivity index (χ3v) is 2.89. The van der Waals surface area contributed by atoms with Gasteiger partial charge in [0.25, 0.3) is 5.91 Å². The lowest BCUT2D eigenvalue weighted by Gasteiger charge is -2.26. The van der Waals surface area contributed by atoms with Crippen LogP contribution in [0.3, 0.4) is 0 Å². The molecule has 1 saturated heterocycles.